The van der Waals surface area contributed by atoms with E-state index in [1.807, 2.05) is 24.3 Å². The monoisotopic (exact) mass is 439 g/mol. The lowest BCUT2D eigenvalue weighted by atomic mass is 10.0. The van der Waals surface area contributed by atoms with Gasteiger partial charge in [0.2, 0.25) is 0 Å². The lowest BCUT2D eigenvalue weighted by molar-refractivity contribution is 0.0600. The van der Waals surface area contributed by atoms with Crippen molar-refractivity contribution in [2.45, 2.75) is 76.4 Å². The average Bonchev–Trinajstić information content (AvgIpc) is 3.20. The van der Waals surface area contributed by atoms with E-state index in [1.165, 1.54) is 18.2 Å². The van der Waals surface area contributed by atoms with Gasteiger partial charge in [0.05, 0.1) is 18.8 Å². The summed E-state index contributed by atoms with van der Waals surface area (Å²) in [6.45, 7) is 11.6. The minimum atomic E-state index is -1.92. The van der Waals surface area contributed by atoms with Crippen LogP contribution in [0.15, 0.2) is 54.6 Å². The smallest absolute Gasteiger partial charge is 0.337 e. The van der Waals surface area contributed by atoms with Crippen LogP contribution in [0.1, 0.15) is 61.2 Å². The van der Waals surface area contributed by atoms with Gasteiger partial charge in [-0.05, 0) is 60.7 Å². The van der Waals surface area contributed by atoms with E-state index in [1.54, 1.807) is 0 Å². The van der Waals surface area contributed by atoms with Gasteiger partial charge in [-0.25, -0.2) is 4.79 Å². The summed E-state index contributed by atoms with van der Waals surface area (Å²) in [6.07, 6.45) is 3.22. The second-order valence-corrected chi connectivity index (χ2v) is 14.9. The molecule has 0 bridgehead atoms. The van der Waals surface area contributed by atoms with E-state index in [0.717, 1.165) is 19.3 Å². The number of hydrogen-bond donors (Lipinski definition) is 1. The lowest BCUT2D eigenvalue weighted by Gasteiger charge is -2.41. The second kappa shape index (κ2) is 9.68. The molecule has 2 aromatic carbocycles. The Morgan fingerprint density at radius 1 is 1.06 bits per heavy atom. The van der Waals surface area contributed by atoms with Crippen molar-refractivity contribution in [2.24, 2.45) is 0 Å². The van der Waals surface area contributed by atoms with Crippen molar-refractivity contribution in [3.05, 3.63) is 71.3 Å². The molecule has 31 heavy (non-hydrogen) atoms. The predicted octanol–water partition coefficient (Wildman–Crippen LogP) is 5.90. The molecule has 168 valence electrons. The predicted molar refractivity (Wildman–Crippen MR) is 129 cm³/mol. The summed E-state index contributed by atoms with van der Waals surface area (Å²) in [5, 5.41) is 4.03. The first-order chi connectivity index (χ1) is 14.6. The summed E-state index contributed by atoms with van der Waals surface area (Å²) in [7, 11) is -0.508. The van der Waals surface area contributed by atoms with Crippen LogP contribution in [0.3, 0.4) is 0 Å². The molecular weight excluding hydrogens is 402 g/mol. The Kier molecular flexibility index (Phi) is 7.40. The third-order valence-corrected chi connectivity index (χ3v) is 11.3. The number of hydrogen-bond acceptors (Lipinski definition) is 4. The van der Waals surface area contributed by atoms with Crippen LogP contribution >= 0.6 is 0 Å². The maximum Gasteiger partial charge on any atom is 0.337 e. The van der Waals surface area contributed by atoms with Crippen LogP contribution in [-0.2, 0) is 15.6 Å². The van der Waals surface area contributed by atoms with Crippen LogP contribution in [0.25, 0.3) is 0 Å². The highest BCUT2D eigenvalue weighted by molar-refractivity contribution is 6.74. The molecule has 4 nitrogen and oxygen atoms in total. The molecule has 1 unspecified atom stereocenters. The third kappa shape index (κ3) is 5.85. The van der Waals surface area contributed by atoms with Gasteiger partial charge in [-0.1, -0.05) is 63.2 Å². The number of methoxy groups -OCH3 is 1. The van der Waals surface area contributed by atoms with Crippen molar-refractivity contribution in [3.63, 3.8) is 0 Å². The molecular formula is C26H37NO3Si. The summed E-state index contributed by atoms with van der Waals surface area (Å²) >= 11 is 0. The lowest BCUT2D eigenvalue weighted by Crippen LogP contribution is -2.46. The molecule has 1 aliphatic heterocycles. The molecule has 0 amide bonds. The first kappa shape index (κ1) is 23.7. The van der Waals surface area contributed by atoms with Gasteiger partial charge in [0.1, 0.15) is 0 Å². The number of benzene rings is 2. The van der Waals surface area contributed by atoms with Crippen molar-refractivity contribution >= 4 is 14.3 Å². The highest BCUT2D eigenvalue weighted by Gasteiger charge is 2.42. The van der Waals surface area contributed by atoms with Gasteiger partial charge in [-0.15, -0.1) is 0 Å². The maximum atomic E-state index is 11.7. The Bertz CT molecular complexity index is 858. The van der Waals surface area contributed by atoms with Crippen LogP contribution in [0.5, 0.6) is 0 Å². The van der Waals surface area contributed by atoms with E-state index in [4.69, 9.17) is 9.16 Å². The number of carbonyl (C=O) groups is 1. The molecule has 0 aliphatic carbocycles. The minimum Gasteiger partial charge on any atom is -0.465 e. The fourth-order valence-electron chi connectivity index (χ4n) is 3.95. The molecule has 0 saturated carbocycles. The van der Waals surface area contributed by atoms with Gasteiger partial charge in [0.25, 0.3) is 0 Å². The molecule has 0 spiro atoms. The Labute approximate surface area is 188 Å². The van der Waals surface area contributed by atoms with Crippen LogP contribution in [0.4, 0.5) is 0 Å². The first-order valence-electron chi connectivity index (χ1n) is 11.3. The van der Waals surface area contributed by atoms with Crippen LogP contribution in [0, 0.1) is 0 Å². The molecule has 1 saturated heterocycles. The van der Waals surface area contributed by atoms with E-state index in [0.29, 0.717) is 17.6 Å². The normalized spacial score (nSPS) is 20.5. The number of carbonyl (C=O) groups excluding carboxylic acids is 1. The first-order valence-corrected chi connectivity index (χ1v) is 14.2. The standard InChI is InChI=1S/C26H37NO3Si/c1-26(2,3)31(5,6)30-24(20-10-8-7-9-11-20)23-17-16-22(27-23)18-19-12-14-21(15-13-19)25(28)29-4/h7-15,22-24,27H,16-18H2,1-6H3/t22?,23-,24-/m1/s1. The third-order valence-electron chi connectivity index (χ3n) is 6.85. The summed E-state index contributed by atoms with van der Waals surface area (Å²) in [5.41, 5.74) is 3.08. The van der Waals surface area contributed by atoms with Crippen LogP contribution < -0.4 is 5.32 Å². The minimum absolute atomic E-state index is 0.0637. The summed E-state index contributed by atoms with van der Waals surface area (Å²) in [5.74, 6) is -0.293. The number of ether oxygens (including phenoxy) is 1. The zero-order chi connectivity index (χ0) is 22.6. The summed E-state index contributed by atoms with van der Waals surface area (Å²) in [6, 6.07) is 19.1. The molecule has 1 fully saturated rings. The highest BCUT2D eigenvalue weighted by atomic mass is 28.4. The van der Waals surface area contributed by atoms with Crippen molar-refractivity contribution in [1.29, 1.82) is 0 Å². The fraction of sp³-hybridized carbons (Fsp3) is 0.500. The molecule has 5 heteroatoms. The summed E-state index contributed by atoms with van der Waals surface area (Å²) < 4.78 is 11.7. The van der Waals surface area contributed by atoms with Gasteiger partial charge in [0.15, 0.2) is 8.32 Å². The van der Waals surface area contributed by atoms with E-state index in [2.05, 4.69) is 69.5 Å². The number of esters is 1. The fourth-order valence-corrected chi connectivity index (χ4v) is 5.24. The van der Waals surface area contributed by atoms with E-state index in [9.17, 15) is 4.79 Å². The molecule has 1 heterocycles. The highest BCUT2D eigenvalue weighted by Crippen LogP contribution is 2.41. The molecule has 0 aromatic heterocycles. The maximum absolute atomic E-state index is 11.7. The molecule has 0 radical (unpaired) electrons. The molecule has 3 atom stereocenters. The van der Waals surface area contributed by atoms with Crippen molar-refractivity contribution in [3.8, 4) is 0 Å². The van der Waals surface area contributed by atoms with Crippen molar-refractivity contribution in [1.82, 2.24) is 5.32 Å². The Morgan fingerprint density at radius 2 is 1.71 bits per heavy atom. The van der Waals surface area contributed by atoms with Crippen molar-refractivity contribution in [2.75, 3.05) is 7.11 Å². The Morgan fingerprint density at radius 3 is 2.29 bits per heavy atom. The Hall–Kier alpha value is -1.95. The van der Waals surface area contributed by atoms with Gasteiger partial charge < -0.3 is 14.5 Å². The summed E-state index contributed by atoms with van der Waals surface area (Å²) in [4.78, 5) is 11.7. The molecule has 3 rings (SSSR count). The van der Waals surface area contributed by atoms with Crippen LogP contribution in [0.2, 0.25) is 18.1 Å². The van der Waals surface area contributed by atoms with E-state index >= 15 is 0 Å². The molecule has 1 aliphatic rings. The largest absolute Gasteiger partial charge is 0.465 e. The average molecular weight is 440 g/mol. The quantitative estimate of drug-likeness (QED) is 0.431. The zero-order valence-corrected chi connectivity index (χ0v) is 20.8. The number of rotatable bonds is 7. The Balaban J connectivity index is 1.71. The van der Waals surface area contributed by atoms with Gasteiger partial charge >= 0.3 is 5.97 Å². The second-order valence-electron chi connectivity index (χ2n) is 10.1. The SMILES string of the molecule is COC(=O)c1ccc(CC2CC[C@H]([C@H](O[Si](C)(C)C(C)(C)C)c3ccccc3)N2)cc1. The van der Waals surface area contributed by atoms with E-state index in [-0.39, 0.29) is 17.1 Å². The molecule has 2 aromatic rings. The van der Waals surface area contributed by atoms with Crippen molar-refractivity contribution < 1.29 is 14.0 Å². The zero-order valence-electron chi connectivity index (χ0n) is 19.8. The molecule has 1 N–H and O–H groups in total. The number of nitrogens with one attached hydrogen (secondary N) is 1. The van der Waals surface area contributed by atoms with Crippen LogP contribution in [-0.4, -0.2) is 33.5 Å². The van der Waals surface area contributed by atoms with Gasteiger partial charge in [0, 0.05) is 12.1 Å². The van der Waals surface area contributed by atoms with Gasteiger partial charge in [-0.3, -0.25) is 0 Å². The topological polar surface area (TPSA) is 47.6 Å². The van der Waals surface area contributed by atoms with E-state index < -0.39 is 8.32 Å². The van der Waals surface area contributed by atoms with Gasteiger partial charge in [-0.2, -0.15) is 0 Å².